The predicted octanol–water partition coefficient (Wildman–Crippen LogP) is 5.42. The van der Waals surface area contributed by atoms with Crippen molar-refractivity contribution in [3.8, 4) is 28.6 Å². The zero-order valence-corrected chi connectivity index (χ0v) is 17.8. The summed E-state index contributed by atoms with van der Waals surface area (Å²) in [7, 11) is 3.28. The van der Waals surface area contributed by atoms with Crippen molar-refractivity contribution in [2.24, 2.45) is 0 Å². The summed E-state index contributed by atoms with van der Waals surface area (Å²) < 4.78 is 19.2. The molecule has 0 saturated carbocycles. The Morgan fingerprint density at radius 1 is 0.833 bits per heavy atom. The molecular weight excluding hydrogens is 376 g/mol. The molecule has 1 heterocycles. The Hall–Kier alpha value is -3.47. The highest BCUT2D eigenvalue weighted by Gasteiger charge is 2.15. The third-order valence-corrected chi connectivity index (χ3v) is 5.27. The number of ether oxygens (including phenoxy) is 3. The van der Waals surface area contributed by atoms with Gasteiger partial charge in [-0.3, -0.25) is 0 Å². The summed E-state index contributed by atoms with van der Waals surface area (Å²) in [6, 6.07) is 20.2. The van der Waals surface area contributed by atoms with Crippen molar-refractivity contribution in [2.45, 2.75) is 20.4 Å². The van der Waals surface area contributed by atoms with Gasteiger partial charge in [-0.2, -0.15) is 0 Å². The smallest absolute Gasteiger partial charge is 0.161 e. The van der Waals surface area contributed by atoms with Crippen molar-refractivity contribution < 1.29 is 14.2 Å². The zero-order chi connectivity index (χ0) is 21.1. The maximum atomic E-state index is 6.17. The Labute approximate surface area is 176 Å². The van der Waals surface area contributed by atoms with Crippen LogP contribution in [0.1, 0.15) is 11.1 Å². The van der Waals surface area contributed by atoms with Crippen LogP contribution in [0.3, 0.4) is 0 Å². The van der Waals surface area contributed by atoms with Gasteiger partial charge in [0.05, 0.1) is 31.8 Å². The number of imidazole rings is 1. The van der Waals surface area contributed by atoms with Crippen molar-refractivity contribution >= 4 is 11.0 Å². The fourth-order valence-electron chi connectivity index (χ4n) is 3.76. The second kappa shape index (κ2) is 8.49. The third-order valence-electron chi connectivity index (χ3n) is 5.27. The monoisotopic (exact) mass is 402 g/mol. The number of benzene rings is 3. The molecule has 0 spiro atoms. The Morgan fingerprint density at radius 3 is 2.30 bits per heavy atom. The number of hydrogen-bond donors (Lipinski definition) is 0. The van der Waals surface area contributed by atoms with E-state index in [1.165, 1.54) is 0 Å². The van der Waals surface area contributed by atoms with Crippen LogP contribution in [-0.4, -0.2) is 30.4 Å². The number of methoxy groups -OCH3 is 2. The molecule has 5 heteroatoms. The average molecular weight is 402 g/mol. The number of rotatable bonds is 7. The molecule has 1 aromatic heterocycles. The topological polar surface area (TPSA) is 45.5 Å². The minimum atomic E-state index is 0.548. The summed E-state index contributed by atoms with van der Waals surface area (Å²) in [5.74, 6) is 3.21. The number of fused-ring (bicyclic) bond motifs is 1. The maximum absolute atomic E-state index is 6.17. The standard InChI is InChI=1S/C25H26N2O3/c1-17-8-7-9-18(2)24(17)30-15-14-27-21-11-6-5-10-20(21)26-25(27)19-12-13-22(28-3)23(16-19)29-4/h5-13,16H,14-15H2,1-4H3. The molecular formula is C25H26N2O3. The lowest BCUT2D eigenvalue weighted by molar-refractivity contribution is 0.297. The van der Waals surface area contributed by atoms with Crippen LogP contribution < -0.4 is 14.2 Å². The SMILES string of the molecule is COc1ccc(-c2nc3ccccc3n2CCOc2c(C)cccc2C)cc1OC. The molecule has 0 fully saturated rings. The molecule has 30 heavy (non-hydrogen) atoms. The lowest BCUT2D eigenvalue weighted by atomic mass is 10.1. The van der Waals surface area contributed by atoms with Crippen molar-refractivity contribution in [2.75, 3.05) is 20.8 Å². The highest BCUT2D eigenvalue weighted by atomic mass is 16.5. The zero-order valence-electron chi connectivity index (χ0n) is 17.8. The quantitative estimate of drug-likeness (QED) is 0.414. The molecule has 0 aliphatic heterocycles. The van der Waals surface area contributed by atoms with E-state index in [1.54, 1.807) is 14.2 Å². The van der Waals surface area contributed by atoms with Crippen LogP contribution in [0.25, 0.3) is 22.4 Å². The van der Waals surface area contributed by atoms with Crippen LogP contribution in [0.4, 0.5) is 0 Å². The first kappa shape index (κ1) is 19.8. The largest absolute Gasteiger partial charge is 0.493 e. The Morgan fingerprint density at radius 2 is 1.57 bits per heavy atom. The first-order chi connectivity index (χ1) is 14.6. The number of nitrogens with zero attached hydrogens (tertiary/aromatic N) is 2. The van der Waals surface area contributed by atoms with Gasteiger partial charge in [0.15, 0.2) is 11.5 Å². The van der Waals surface area contributed by atoms with Crippen LogP contribution in [-0.2, 0) is 6.54 Å². The van der Waals surface area contributed by atoms with Gasteiger partial charge in [-0.05, 0) is 55.3 Å². The minimum absolute atomic E-state index is 0.548. The molecule has 5 nitrogen and oxygen atoms in total. The maximum Gasteiger partial charge on any atom is 0.161 e. The lowest BCUT2D eigenvalue weighted by Gasteiger charge is -2.15. The van der Waals surface area contributed by atoms with Crippen molar-refractivity contribution in [3.63, 3.8) is 0 Å². The minimum Gasteiger partial charge on any atom is -0.493 e. The van der Waals surface area contributed by atoms with E-state index in [-0.39, 0.29) is 0 Å². The van der Waals surface area contributed by atoms with E-state index in [4.69, 9.17) is 19.2 Å². The molecule has 0 bridgehead atoms. The number of hydrogen-bond acceptors (Lipinski definition) is 4. The van der Waals surface area contributed by atoms with Crippen LogP contribution in [0.5, 0.6) is 17.2 Å². The summed E-state index contributed by atoms with van der Waals surface area (Å²) in [6.07, 6.45) is 0. The first-order valence-corrected chi connectivity index (χ1v) is 9.99. The Bertz CT molecular complexity index is 1160. The van der Waals surface area contributed by atoms with Gasteiger partial charge in [0.2, 0.25) is 0 Å². The first-order valence-electron chi connectivity index (χ1n) is 9.99. The van der Waals surface area contributed by atoms with Gasteiger partial charge in [0.25, 0.3) is 0 Å². The third kappa shape index (κ3) is 3.71. The fraction of sp³-hybridized carbons (Fsp3) is 0.240. The van der Waals surface area contributed by atoms with Crippen molar-refractivity contribution in [3.05, 3.63) is 71.8 Å². The Balaban J connectivity index is 1.69. The summed E-state index contributed by atoms with van der Waals surface area (Å²) in [6.45, 7) is 5.37. The molecule has 0 saturated heterocycles. The summed E-state index contributed by atoms with van der Waals surface area (Å²) in [4.78, 5) is 4.89. The summed E-state index contributed by atoms with van der Waals surface area (Å²) in [5, 5.41) is 0. The Kier molecular flexibility index (Phi) is 5.61. The number of para-hydroxylation sites is 3. The molecule has 4 aromatic rings. The van der Waals surface area contributed by atoms with Crippen LogP contribution in [0, 0.1) is 13.8 Å². The molecule has 3 aromatic carbocycles. The molecule has 4 rings (SSSR count). The van der Waals surface area contributed by atoms with E-state index in [2.05, 4.69) is 42.7 Å². The molecule has 0 aliphatic carbocycles. The second-order valence-electron chi connectivity index (χ2n) is 7.21. The molecule has 0 N–H and O–H groups in total. The van der Waals surface area contributed by atoms with E-state index < -0.39 is 0 Å². The highest BCUT2D eigenvalue weighted by molar-refractivity contribution is 5.81. The van der Waals surface area contributed by atoms with Gasteiger partial charge < -0.3 is 18.8 Å². The molecule has 0 amide bonds. The molecule has 154 valence electrons. The van der Waals surface area contributed by atoms with E-state index in [0.29, 0.717) is 24.7 Å². The van der Waals surface area contributed by atoms with Crippen LogP contribution in [0.15, 0.2) is 60.7 Å². The van der Waals surface area contributed by atoms with E-state index in [0.717, 1.165) is 39.3 Å². The van der Waals surface area contributed by atoms with Gasteiger partial charge in [0, 0.05) is 5.56 Å². The van der Waals surface area contributed by atoms with E-state index in [9.17, 15) is 0 Å². The van der Waals surface area contributed by atoms with Gasteiger partial charge in [-0.25, -0.2) is 4.98 Å². The molecule has 0 radical (unpaired) electrons. The normalized spacial score (nSPS) is 10.9. The molecule has 0 atom stereocenters. The van der Waals surface area contributed by atoms with Crippen molar-refractivity contribution in [1.29, 1.82) is 0 Å². The van der Waals surface area contributed by atoms with Gasteiger partial charge in [0.1, 0.15) is 18.2 Å². The summed E-state index contributed by atoms with van der Waals surface area (Å²) >= 11 is 0. The van der Waals surface area contributed by atoms with Crippen LogP contribution >= 0.6 is 0 Å². The summed E-state index contributed by atoms with van der Waals surface area (Å²) in [5.41, 5.74) is 5.29. The van der Waals surface area contributed by atoms with Gasteiger partial charge in [-0.15, -0.1) is 0 Å². The lowest BCUT2D eigenvalue weighted by Crippen LogP contribution is -2.10. The highest BCUT2D eigenvalue weighted by Crippen LogP contribution is 2.33. The predicted molar refractivity (Wildman–Crippen MR) is 120 cm³/mol. The van der Waals surface area contributed by atoms with Crippen molar-refractivity contribution in [1.82, 2.24) is 9.55 Å². The van der Waals surface area contributed by atoms with Gasteiger partial charge >= 0.3 is 0 Å². The van der Waals surface area contributed by atoms with Gasteiger partial charge in [-0.1, -0.05) is 30.3 Å². The number of aromatic nitrogens is 2. The van der Waals surface area contributed by atoms with E-state index >= 15 is 0 Å². The van der Waals surface area contributed by atoms with E-state index in [1.807, 2.05) is 36.4 Å². The van der Waals surface area contributed by atoms with Crippen LogP contribution in [0.2, 0.25) is 0 Å². The molecule has 0 aliphatic rings. The fourth-order valence-corrected chi connectivity index (χ4v) is 3.76. The number of aryl methyl sites for hydroxylation is 2. The average Bonchev–Trinajstić information content (AvgIpc) is 3.14. The molecule has 0 unspecified atom stereocenters. The second-order valence-corrected chi connectivity index (χ2v) is 7.21.